The molecule has 28 heavy (non-hydrogen) atoms. The molecule has 3 rings (SSSR count). The van der Waals surface area contributed by atoms with Crippen LogP contribution in [0.3, 0.4) is 0 Å². The standard InChI is InChI=1S/C21H19BrFNO2S2/c1-13(2)11-24-20(25)19(28-21(24)27)10-15-9-16(22)6-7-18(15)26-12-14-4-3-5-17(23)8-14/h3-10,13H,11-12H2,1-2H3/b19-10-. The number of ether oxygens (including phenoxy) is 1. The number of benzene rings is 2. The number of thioether (sulfide) groups is 1. The van der Waals surface area contributed by atoms with Crippen LogP contribution in [0.4, 0.5) is 4.39 Å². The average Bonchev–Trinajstić information content (AvgIpc) is 2.88. The third-order valence-electron chi connectivity index (χ3n) is 3.96. The molecule has 0 saturated carbocycles. The highest BCUT2D eigenvalue weighted by Crippen LogP contribution is 2.35. The number of carbonyl (C=O) groups is 1. The van der Waals surface area contributed by atoms with Crippen molar-refractivity contribution in [2.45, 2.75) is 20.5 Å². The van der Waals surface area contributed by atoms with E-state index in [1.54, 1.807) is 23.1 Å². The summed E-state index contributed by atoms with van der Waals surface area (Å²) in [4.78, 5) is 14.9. The molecule has 3 nitrogen and oxygen atoms in total. The number of carbonyl (C=O) groups excluding carboxylic acids is 1. The number of thiocarbonyl (C=S) groups is 1. The lowest BCUT2D eigenvalue weighted by molar-refractivity contribution is -0.122. The Balaban J connectivity index is 1.84. The van der Waals surface area contributed by atoms with Crippen LogP contribution in [0, 0.1) is 11.7 Å². The summed E-state index contributed by atoms with van der Waals surface area (Å²) < 4.78 is 20.7. The van der Waals surface area contributed by atoms with Gasteiger partial charge in [-0.15, -0.1) is 0 Å². The van der Waals surface area contributed by atoms with Crippen LogP contribution in [0.5, 0.6) is 5.75 Å². The van der Waals surface area contributed by atoms with Gasteiger partial charge in [0.15, 0.2) is 0 Å². The van der Waals surface area contributed by atoms with Crippen LogP contribution >= 0.6 is 39.9 Å². The number of nitrogens with zero attached hydrogens (tertiary/aromatic N) is 1. The molecule has 0 aliphatic carbocycles. The first-order valence-electron chi connectivity index (χ1n) is 8.75. The van der Waals surface area contributed by atoms with E-state index in [0.29, 0.717) is 27.4 Å². The van der Waals surface area contributed by atoms with Crippen molar-refractivity contribution in [1.29, 1.82) is 0 Å². The molecule has 1 heterocycles. The van der Waals surface area contributed by atoms with Crippen LogP contribution in [0.25, 0.3) is 6.08 Å². The minimum atomic E-state index is -0.300. The smallest absolute Gasteiger partial charge is 0.266 e. The largest absolute Gasteiger partial charge is 0.488 e. The molecular formula is C21H19BrFNO2S2. The normalized spacial score (nSPS) is 15.8. The maximum atomic E-state index is 13.4. The van der Waals surface area contributed by atoms with Gasteiger partial charge in [-0.1, -0.05) is 65.9 Å². The van der Waals surface area contributed by atoms with Gasteiger partial charge >= 0.3 is 0 Å². The monoisotopic (exact) mass is 479 g/mol. The topological polar surface area (TPSA) is 29.5 Å². The van der Waals surface area contributed by atoms with Crippen molar-refractivity contribution in [1.82, 2.24) is 4.90 Å². The van der Waals surface area contributed by atoms with Gasteiger partial charge in [0.2, 0.25) is 0 Å². The molecule has 0 atom stereocenters. The van der Waals surface area contributed by atoms with Crippen LogP contribution in [-0.4, -0.2) is 21.7 Å². The van der Waals surface area contributed by atoms with Crippen LogP contribution in [0.2, 0.25) is 0 Å². The van der Waals surface area contributed by atoms with Gasteiger partial charge in [0.05, 0.1) is 4.91 Å². The molecule has 2 aromatic carbocycles. The number of rotatable bonds is 6. The van der Waals surface area contributed by atoms with Gasteiger partial charge in [0.25, 0.3) is 5.91 Å². The van der Waals surface area contributed by atoms with Gasteiger partial charge in [-0.25, -0.2) is 4.39 Å². The van der Waals surface area contributed by atoms with E-state index in [-0.39, 0.29) is 18.3 Å². The zero-order chi connectivity index (χ0) is 20.3. The van der Waals surface area contributed by atoms with Crippen LogP contribution in [-0.2, 0) is 11.4 Å². The Morgan fingerprint density at radius 2 is 2.07 bits per heavy atom. The SMILES string of the molecule is CC(C)CN1C(=O)/C(=C/c2cc(Br)ccc2OCc2cccc(F)c2)SC1=S. The van der Waals surface area contributed by atoms with Crippen molar-refractivity contribution in [3.05, 3.63) is 68.8 Å². The first-order chi connectivity index (χ1) is 13.3. The third kappa shape index (κ3) is 5.21. The van der Waals surface area contributed by atoms with Crippen LogP contribution < -0.4 is 4.74 Å². The van der Waals surface area contributed by atoms with Gasteiger partial charge in [-0.05, 0) is 47.9 Å². The zero-order valence-electron chi connectivity index (χ0n) is 15.4. The summed E-state index contributed by atoms with van der Waals surface area (Å²) >= 11 is 10.1. The molecule has 1 aliphatic heterocycles. The molecule has 146 valence electrons. The predicted octanol–water partition coefficient (Wildman–Crippen LogP) is 6.02. The lowest BCUT2D eigenvalue weighted by Crippen LogP contribution is -2.31. The average molecular weight is 480 g/mol. The molecule has 0 unspecified atom stereocenters. The Morgan fingerprint density at radius 1 is 1.29 bits per heavy atom. The second-order valence-corrected chi connectivity index (χ2v) is 9.38. The summed E-state index contributed by atoms with van der Waals surface area (Å²) in [6.07, 6.45) is 1.80. The molecule has 0 radical (unpaired) electrons. The van der Waals surface area contributed by atoms with Gasteiger partial charge in [0.1, 0.15) is 22.5 Å². The lowest BCUT2D eigenvalue weighted by Gasteiger charge is -2.16. The molecule has 1 fully saturated rings. The maximum Gasteiger partial charge on any atom is 0.266 e. The molecular weight excluding hydrogens is 461 g/mol. The highest BCUT2D eigenvalue weighted by Gasteiger charge is 2.32. The fourth-order valence-corrected chi connectivity index (χ4v) is 4.36. The summed E-state index contributed by atoms with van der Waals surface area (Å²) in [6, 6.07) is 11.9. The van der Waals surface area contributed by atoms with Crippen molar-refractivity contribution >= 4 is 56.2 Å². The molecule has 0 aromatic heterocycles. The van der Waals surface area contributed by atoms with Crippen molar-refractivity contribution in [3.63, 3.8) is 0 Å². The molecule has 0 N–H and O–H groups in total. The highest BCUT2D eigenvalue weighted by atomic mass is 79.9. The van der Waals surface area contributed by atoms with Crippen LogP contribution in [0.15, 0.2) is 51.8 Å². The summed E-state index contributed by atoms with van der Waals surface area (Å²) in [6.45, 7) is 4.93. The summed E-state index contributed by atoms with van der Waals surface area (Å²) in [7, 11) is 0. The molecule has 0 spiro atoms. The van der Waals surface area contributed by atoms with E-state index in [1.165, 1.54) is 23.9 Å². The van der Waals surface area contributed by atoms with Gasteiger partial charge in [-0.2, -0.15) is 0 Å². The van der Waals surface area contributed by atoms with Crippen molar-refractivity contribution in [3.8, 4) is 5.75 Å². The van der Waals surface area contributed by atoms with Crippen molar-refractivity contribution in [2.75, 3.05) is 6.54 Å². The summed E-state index contributed by atoms with van der Waals surface area (Å²) in [5, 5.41) is 0. The minimum Gasteiger partial charge on any atom is -0.488 e. The van der Waals surface area contributed by atoms with E-state index in [9.17, 15) is 9.18 Å². The molecule has 2 aromatic rings. The van der Waals surface area contributed by atoms with E-state index in [0.717, 1.165) is 15.6 Å². The second kappa shape index (κ2) is 9.20. The number of halogens is 2. The highest BCUT2D eigenvalue weighted by molar-refractivity contribution is 9.10. The number of hydrogen-bond acceptors (Lipinski definition) is 4. The molecule has 1 saturated heterocycles. The van der Waals surface area contributed by atoms with E-state index < -0.39 is 0 Å². The van der Waals surface area contributed by atoms with E-state index >= 15 is 0 Å². The maximum absolute atomic E-state index is 13.4. The van der Waals surface area contributed by atoms with Crippen LogP contribution in [0.1, 0.15) is 25.0 Å². The fraction of sp³-hybridized carbons (Fsp3) is 0.238. The van der Waals surface area contributed by atoms with Gasteiger partial charge in [-0.3, -0.25) is 9.69 Å². The zero-order valence-corrected chi connectivity index (χ0v) is 18.7. The fourth-order valence-electron chi connectivity index (χ4n) is 2.72. The predicted molar refractivity (Wildman–Crippen MR) is 120 cm³/mol. The Morgan fingerprint density at radius 3 is 2.79 bits per heavy atom. The Labute approximate surface area is 182 Å². The molecule has 0 bridgehead atoms. The number of amides is 1. The molecule has 1 aliphatic rings. The van der Waals surface area contributed by atoms with E-state index in [1.807, 2.05) is 18.2 Å². The van der Waals surface area contributed by atoms with Crippen molar-refractivity contribution < 1.29 is 13.9 Å². The quantitative estimate of drug-likeness (QED) is 0.373. The summed E-state index contributed by atoms with van der Waals surface area (Å²) in [5.74, 6) is 0.560. The van der Waals surface area contributed by atoms with Gasteiger partial charge in [0, 0.05) is 16.6 Å². The first kappa shape index (κ1) is 21.0. The summed E-state index contributed by atoms with van der Waals surface area (Å²) in [5.41, 5.74) is 1.49. The second-order valence-electron chi connectivity index (χ2n) is 6.79. The van der Waals surface area contributed by atoms with E-state index in [2.05, 4.69) is 29.8 Å². The lowest BCUT2D eigenvalue weighted by atomic mass is 10.1. The Hall–Kier alpha value is -1.70. The van der Waals surface area contributed by atoms with Gasteiger partial charge < -0.3 is 4.74 Å². The van der Waals surface area contributed by atoms with Crippen molar-refractivity contribution in [2.24, 2.45) is 5.92 Å². The molecule has 1 amide bonds. The first-order valence-corrected chi connectivity index (χ1v) is 10.8. The Kier molecular flexibility index (Phi) is 6.91. The third-order valence-corrected chi connectivity index (χ3v) is 5.83. The molecule has 7 heteroatoms. The van der Waals surface area contributed by atoms with E-state index in [4.69, 9.17) is 17.0 Å². The number of hydrogen-bond donors (Lipinski definition) is 0. The minimum absolute atomic E-state index is 0.0836. The Bertz CT molecular complexity index is 946.